The molecule has 0 radical (unpaired) electrons. The van der Waals surface area contributed by atoms with E-state index in [4.69, 9.17) is 14.2 Å². The van der Waals surface area contributed by atoms with Crippen LogP contribution in [0.3, 0.4) is 0 Å². The molecule has 2 heterocycles. The number of carbonyl (C=O) groups is 2. The first-order chi connectivity index (χ1) is 23.9. The first kappa shape index (κ1) is 35.0. The van der Waals surface area contributed by atoms with Crippen LogP contribution < -0.4 is 15.4 Å². The first-order valence-electron chi connectivity index (χ1n) is 17.6. The standard InChI is InChI=1S/C39H49N3O7/c43-34(33(24-27-7-2-1-3-8-27)40-39(46)36-11-6-19-49-36)26-30(38(45)41-37-32-10-5-4-9-29(32)25-35(37)44)23-28-12-14-31(15-13-28)48-22-18-42-16-20-47-21-17-42/h1-5,7-10,12-15,30,33-37,43-44H,6,11,16-26H2,(H,40,46)(H,41,45)/t30?,33?,34?,35-,36+,37-/m0/s1. The highest BCUT2D eigenvalue weighted by Crippen LogP contribution is 2.32. The molecule has 2 fully saturated rings. The fourth-order valence-electron chi connectivity index (χ4n) is 7.09. The van der Waals surface area contributed by atoms with Crippen LogP contribution >= 0.6 is 0 Å². The molecule has 0 spiro atoms. The van der Waals surface area contributed by atoms with Gasteiger partial charge in [0, 0.05) is 38.6 Å². The van der Waals surface area contributed by atoms with Crippen molar-refractivity contribution in [2.24, 2.45) is 5.92 Å². The van der Waals surface area contributed by atoms with Crippen LogP contribution in [-0.2, 0) is 38.3 Å². The van der Waals surface area contributed by atoms with E-state index in [0.717, 1.165) is 67.3 Å². The lowest BCUT2D eigenvalue weighted by Crippen LogP contribution is -2.50. The van der Waals surface area contributed by atoms with E-state index in [2.05, 4.69) is 15.5 Å². The molecule has 2 amide bonds. The van der Waals surface area contributed by atoms with Crippen LogP contribution in [0, 0.1) is 5.92 Å². The Bertz CT molecular complexity index is 1490. The van der Waals surface area contributed by atoms with Gasteiger partial charge in [0.15, 0.2) is 0 Å². The number of nitrogens with zero attached hydrogens (tertiary/aromatic N) is 1. The molecule has 3 aromatic carbocycles. The third kappa shape index (κ3) is 9.67. The number of fused-ring (bicyclic) bond motifs is 1. The lowest BCUT2D eigenvalue weighted by molar-refractivity contribution is -0.132. The molecule has 3 unspecified atom stereocenters. The second-order valence-corrected chi connectivity index (χ2v) is 13.4. The number of carbonyl (C=O) groups excluding carboxylic acids is 2. The monoisotopic (exact) mass is 671 g/mol. The SMILES string of the molecule is O=C(N[C@H]1c2ccccc2C[C@@H]1O)C(Cc1ccc(OCCN2CCOCC2)cc1)CC(O)C(Cc1ccccc1)NC(=O)[C@H]1CCCO1. The van der Waals surface area contributed by atoms with Crippen LogP contribution in [0.2, 0.25) is 0 Å². The molecule has 10 nitrogen and oxygen atoms in total. The van der Waals surface area contributed by atoms with Crippen molar-refractivity contribution in [2.45, 2.75) is 68.9 Å². The van der Waals surface area contributed by atoms with Crippen molar-refractivity contribution >= 4 is 11.8 Å². The summed E-state index contributed by atoms with van der Waals surface area (Å²) in [6.45, 7) is 5.26. The molecule has 1 aliphatic carbocycles. The summed E-state index contributed by atoms with van der Waals surface area (Å²) in [4.78, 5) is 29.6. The number of amides is 2. The number of aliphatic hydroxyl groups is 2. The predicted octanol–water partition coefficient (Wildman–Crippen LogP) is 2.99. The summed E-state index contributed by atoms with van der Waals surface area (Å²) in [5, 5.41) is 28.8. The molecule has 49 heavy (non-hydrogen) atoms. The predicted molar refractivity (Wildman–Crippen MR) is 185 cm³/mol. The molecular weight excluding hydrogens is 622 g/mol. The zero-order valence-corrected chi connectivity index (χ0v) is 28.0. The normalized spacial score (nSPS) is 22.5. The van der Waals surface area contributed by atoms with Crippen molar-refractivity contribution in [2.75, 3.05) is 46.1 Å². The molecule has 0 aromatic heterocycles. The van der Waals surface area contributed by atoms with Crippen LogP contribution in [0.25, 0.3) is 0 Å². The maximum Gasteiger partial charge on any atom is 0.249 e. The number of hydrogen-bond donors (Lipinski definition) is 4. The lowest BCUT2D eigenvalue weighted by Gasteiger charge is -2.29. The molecule has 0 bridgehead atoms. The van der Waals surface area contributed by atoms with Gasteiger partial charge in [0.2, 0.25) is 11.8 Å². The van der Waals surface area contributed by atoms with Crippen molar-refractivity contribution in [1.29, 1.82) is 0 Å². The highest BCUT2D eigenvalue weighted by atomic mass is 16.5. The zero-order valence-electron chi connectivity index (χ0n) is 28.0. The van der Waals surface area contributed by atoms with Gasteiger partial charge in [-0.2, -0.15) is 0 Å². The smallest absolute Gasteiger partial charge is 0.249 e. The third-order valence-corrected chi connectivity index (χ3v) is 9.90. The molecular formula is C39H49N3O7. The van der Waals surface area contributed by atoms with Gasteiger partial charge in [-0.05, 0) is 66.5 Å². The molecule has 6 rings (SSSR count). The molecule has 3 aliphatic rings. The number of hydrogen-bond acceptors (Lipinski definition) is 8. The van der Waals surface area contributed by atoms with Crippen LogP contribution in [0.15, 0.2) is 78.9 Å². The summed E-state index contributed by atoms with van der Waals surface area (Å²) in [5.74, 6) is -0.382. The first-order valence-corrected chi connectivity index (χ1v) is 17.6. The van der Waals surface area contributed by atoms with Crippen LogP contribution in [-0.4, -0.2) is 97.3 Å². The number of ether oxygens (including phenoxy) is 3. The summed E-state index contributed by atoms with van der Waals surface area (Å²) in [5.41, 5.74) is 3.81. The van der Waals surface area contributed by atoms with E-state index in [-0.39, 0.29) is 18.2 Å². The highest BCUT2D eigenvalue weighted by Gasteiger charge is 2.36. The summed E-state index contributed by atoms with van der Waals surface area (Å²) in [7, 11) is 0. The summed E-state index contributed by atoms with van der Waals surface area (Å²) in [6, 6.07) is 24.0. The minimum Gasteiger partial charge on any atom is -0.492 e. The van der Waals surface area contributed by atoms with E-state index in [0.29, 0.717) is 38.9 Å². The van der Waals surface area contributed by atoms with Crippen LogP contribution in [0.4, 0.5) is 0 Å². The van der Waals surface area contributed by atoms with E-state index in [1.54, 1.807) is 0 Å². The molecule has 262 valence electrons. The summed E-state index contributed by atoms with van der Waals surface area (Å²) in [6.07, 6.45) is 0.501. The summed E-state index contributed by atoms with van der Waals surface area (Å²) >= 11 is 0. The Morgan fingerprint density at radius 1 is 0.918 bits per heavy atom. The van der Waals surface area contributed by atoms with Gasteiger partial charge in [-0.15, -0.1) is 0 Å². The molecule has 2 aliphatic heterocycles. The maximum absolute atomic E-state index is 14.1. The average molecular weight is 672 g/mol. The Labute approximate surface area is 288 Å². The number of morpholine rings is 1. The van der Waals surface area contributed by atoms with E-state index < -0.39 is 36.3 Å². The van der Waals surface area contributed by atoms with E-state index in [1.807, 2.05) is 78.9 Å². The van der Waals surface area contributed by atoms with Crippen molar-refractivity contribution in [1.82, 2.24) is 15.5 Å². The quantitative estimate of drug-likeness (QED) is 0.194. The van der Waals surface area contributed by atoms with Crippen molar-refractivity contribution in [3.8, 4) is 5.75 Å². The molecule has 4 N–H and O–H groups in total. The van der Waals surface area contributed by atoms with Gasteiger partial charge in [-0.3, -0.25) is 14.5 Å². The summed E-state index contributed by atoms with van der Waals surface area (Å²) < 4.78 is 17.0. The third-order valence-electron chi connectivity index (χ3n) is 9.90. The minimum atomic E-state index is -1.02. The van der Waals surface area contributed by atoms with Gasteiger partial charge >= 0.3 is 0 Å². The number of nitrogens with one attached hydrogen (secondary N) is 2. The van der Waals surface area contributed by atoms with E-state index >= 15 is 0 Å². The van der Waals surface area contributed by atoms with Crippen LogP contribution in [0.5, 0.6) is 5.75 Å². The van der Waals surface area contributed by atoms with Gasteiger partial charge in [-0.1, -0.05) is 66.7 Å². The average Bonchev–Trinajstić information content (AvgIpc) is 3.78. The highest BCUT2D eigenvalue weighted by molar-refractivity contribution is 5.81. The lowest BCUT2D eigenvalue weighted by atomic mass is 9.88. The Kier molecular flexibility index (Phi) is 12.3. The van der Waals surface area contributed by atoms with Crippen molar-refractivity contribution in [3.05, 3.63) is 101 Å². The number of benzene rings is 3. The maximum atomic E-state index is 14.1. The van der Waals surface area contributed by atoms with Crippen molar-refractivity contribution in [3.63, 3.8) is 0 Å². The molecule has 10 heteroatoms. The Morgan fingerprint density at radius 3 is 2.41 bits per heavy atom. The number of rotatable bonds is 15. The molecule has 0 saturated carbocycles. The van der Waals surface area contributed by atoms with E-state index in [9.17, 15) is 19.8 Å². The Morgan fingerprint density at radius 2 is 1.65 bits per heavy atom. The van der Waals surface area contributed by atoms with Crippen molar-refractivity contribution < 1.29 is 34.0 Å². The minimum absolute atomic E-state index is 0.109. The van der Waals surface area contributed by atoms with Gasteiger partial charge in [0.25, 0.3) is 0 Å². The Balaban J connectivity index is 1.16. The van der Waals surface area contributed by atoms with E-state index in [1.165, 1.54) is 0 Å². The molecule has 2 saturated heterocycles. The topological polar surface area (TPSA) is 130 Å². The zero-order chi connectivity index (χ0) is 34.0. The van der Waals surface area contributed by atoms with Crippen LogP contribution in [0.1, 0.15) is 47.6 Å². The second-order valence-electron chi connectivity index (χ2n) is 13.4. The van der Waals surface area contributed by atoms with Gasteiger partial charge in [0.05, 0.1) is 37.5 Å². The molecule has 3 aromatic rings. The number of aliphatic hydroxyl groups excluding tert-OH is 2. The second kappa shape index (κ2) is 17.2. The Hall–Kier alpha value is -3.80. The largest absolute Gasteiger partial charge is 0.492 e. The van der Waals surface area contributed by atoms with Gasteiger partial charge < -0.3 is 35.1 Å². The molecule has 6 atom stereocenters. The fourth-order valence-corrected chi connectivity index (χ4v) is 7.09. The fraction of sp³-hybridized carbons (Fsp3) is 0.487. The van der Waals surface area contributed by atoms with Gasteiger partial charge in [-0.25, -0.2) is 0 Å². The van der Waals surface area contributed by atoms with Gasteiger partial charge in [0.1, 0.15) is 18.5 Å².